The van der Waals surface area contributed by atoms with E-state index in [0.717, 1.165) is 23.7 Å². The molecule has 156 valence electrons. The first-order chi connectivity index (χ1) is 14.9. The van der Waals surface area contributed by atoms with Crippen LogP contribution in [0.15, 0.2) is 54.6 Å². The Kier molecular flexibility index (Phi) is 5.39. The van der Waals surface area contributed by atoms with Crippen LogP contribution in [-0.2, 0) is 6.42 Å². The zero-order valence-electron chi connectivity index (χ0n) is 16.8. The van der Waals surface area contributed by atoms with Crippen molar-refractivity contribution in [3.05, 3.63) is 86.4 Å². The summed E-state index contributed by atoms with van der Waals surface area (Å²) in [4.78, 5) is 24.5. The number of halogens is 1. The molecule has 0 bridgehead atoms. The van der Waals surface area contributed by atoms with Gasteiger partial charge in [-0.25, -0.2) is 0 Å². The van der Waals surface area contributed by atoms with Crippen molar-refractivity contribution in [2.24, 2.45) is 0 Å². The van der Waals surface area contributed by atoms with Crippen LogP contribution in [0.25, 0.3) is 16.7 Å². The molecule has 0 radical (unpaired) electrons. The maximum atomic E-state index is 12.7. The first-order valence-corrected chi connectivity index (χ1v) is 9.96. The highest BCUT2D eigenvalue weighted by molar-refractivity contribution is 6.34. The molecule has 8 nitrogen and oxygen atoms in total. The van der Waals surface area contributed by atoms with Crippen molar-refractivity contribution in [3.63, 3.8) is 0 Å². The molecule has 31 heavy (non-hydrogen) atoms. The zero-order chi connectivity index (χ0) is 22.1. The first-order valence-electron chi connectivity index (χ1n) is 9.58. The van der Waals surface area contributed by atoms with Crippen molar-refractivity contribution < 1.29 is 9.72 Å². The molecule has 0 spiro atoms. The molecule has 0 fully saturated rings. The fourth-order valence-electron chi connectivity index (χ4n) is 3.17. The maximum Gasteiger partial charge on any atom is 0.270 e. The Labute approximate surface area is 182 Å². The predicted molar refractivity (Wildman–Crippen MR) is 119 cm³/mol. The van der Waals surface area contributed by atoms with Crippen molar-refractivity contribution in [2.75, 3.05) is 5.32 Å². The summed E-state index contributed by atoms with van der Waals surface area (Å²) in [7, 11) is 0. The number of carbonyl (C=O) groups excluding carboxylic acids is 1. The number of nitrogens with one attached hydrogen (secondary N) is 1. The number of hydrogen-bond acceptors (Lipinski definition) is 5. The molecule has 1 amide bonds. The molecule has 4 aromatic rings. The number of nitrogens with zero attached hydrogens (tertiary/aromatic N) is 4. The highest BCUT2D eigenvalue weighted by Crippen LogP contribution is 2.26. The van der Waals surface area contributed by atoms with Crippen molar-refractivity contribution in [2.45, 2.75) is 20.3 Å². The molecule has 1 N–H and O–H groups in total. The number of non-ortho nitro benzene ring substituents is 1. The smallest absolute Gasteiger partial charge is 0.270 e. The fourth-order valence-corrected chi connectivity index (χ4v) is 3.44. The lowest BCUT2D eigenvalue weighted by Gasteiger charge is -2.09. The summed E-state index contributed by atoms with van der Waals surface area (Å²) in [5.74, 6) is -0.468. The molecular formula is C22H18ClN5O3. The molecule has 1 heterocycles. The molecule has 0 aliphatic heterocycles. The molecule has 4 rings (SSSR count). The van der Waals surface area contributed by atoms with Gasteiger partial charge in [0.1, 0.15) is 11.0 Å². The number of aryl methyl sites for hydroxylation is 2. The summed E-state index contributed by atoms with van der Waals surface area (Å²) in [5, 5.41) is 22.7. The minimum absolute atomic E-state index is 0.00639. The lowest BCUT2D eigenvalue weighted by molar-refractivity contribution is -0.384. The molecule has 0 unspecified atom stereocenters. The molecule has 3 aromatic carbocycles. The van der Waals surface area contributed by atoms with Crippen LogP contribution in [0.1, 0.15) is 28.4 Å². The Morgan fingerprint density at radius 3 is 2.39 bits per heavy atom. The van der Waals surface area contributed by atoms with Crippen molar-refractivity contribution >= 4 is 39.9 Å². The zero-order valence-corrected chi connectivity index (χ0v) is 17.6. The minimum Gasteiger partial charge on any atom is -0.322 e. The Hall–Kier alpha value is -3.78. The van der Waals surface area contributed by atoms with E-state index < -0.39 is 10.8 Å². The van der Waals surface area contributed by atoms with Crippen LogP contribution >= 0.6 is 11.6 Å². The van der Waals surface area contributed by atoms with Crippen molar-refractivity contribution in [1.29, 1.82) is 0 Å². The van der Waals surface area contributed by atoms with Gasteiger partial charge in [0.2, 0.25) is 0 Å². The number of fused-ring (bicyclic) bond motifs is 1. The van der Waals surface area contributed by atoms with E-state index in [1.807, 2.05) is 37.3 Å². The van der Waals surface area contributed by atoms with E-state index in [4.69, 9.17) is 11.6 Å². The van der Waals surface area contributed by atoms with Gasteiger partial charge in [-0.3, -0.25) is 14.9 Å². The van der Waals surface area contributed by atoms with E-state index in [-0.39, 0.29) is 16.3 Å². The number of nitro benzene ring substituents is 1. The molecule has 0 aliphatic carbocycles. The second kappa shape index (κ2) is 8.16. The minimum atomic E-state index is -0.565. The topological polar surface area (TPSA) is 103 Å². The van der Waals surface area contributed by atoms with Gasteiger partial charge in [-0.15, -0.1) is 10.2 Å². The van der Waals surface area contributed by atoms with Gasteiger partial charge in [-0.1, -0.05) is 30.7 Å². The lowest BCUT2D eigenvalue weighted by atomic mass is 10.1. The summed E-state index contributed by atoms with van der Waals surface area (Å²) in [6, 6.07) is 15.3. The summed E-state index contributed by atoms with van der Waals surface area (Å²) < 4.78 is 0. The number of anilines is 1. The van der Waals surface area contributed by atoms with Crippen LogP contribution in [0.3, 0.4) is 0 Å². The van der Waals surface area contributed by atoms with Gasteiger partial charge in [0.15, 0.2) is 0 Å². The largest absolute Gasteiger partial charge is 0.322 e. The lowest BCUT2D eigenvalue weighted by Crippen LogP contribution is -2.13. The van der Waals surface area contributed by atoms with E-state index in [1.165, 1.54) is 17.7 Å². The molecule has 0 saturated heterocycles. The average molecular weight is 436 g/mol. The van der Waals surface area contributed by atoms with Gasteiger partial charge >= 0.3 is 0 Å². The fraction of sp³-hybridized carbons (Fsp3) is 0.136. The summed E-state index contributed by atoms with van der Waals surface area (Å²) in [6.07, 6.45) is 0.954. The summed E-state index contributed by atoms with van der Waals surface area (Å²) >= 11 is 6.07. The van der Waals surface area contributed by atoms with Crippen molar-refractivity contribution in [3.8, 4) is 5.69 Å². The average Bonchev–Trinajstić information content (AvgIpc) is 3.16. The SMILES string of the molecule is CCc1ccc(-n2nc3cc(C)c(NC(=O)c4ccc([N+](=O)[O-])cc4Cl)cc3n2)cc1. The number of amides is 1. The van der Waals surface area contributed by atoms with Crippen LogP contribution in [0.4, 0.5) is 11.4 Å². The molecule has 9 heteroatoms. The maximum absolute atomic E-state index is 12.7. The van der Waals surface area contributed by atoms with Crippen LogP contribution in [0, 0.1) is 17.0 Å². The third-order valence-corrected chi connectivity index (χ3v) is 5.27. The third-order valence-electron chi connectivity index (χ3n) is 4.96. The number of aromatic nitrogens is 3. The summed E-state index contributed by atoms with van der Waals surface area (Å²) in [5.41, 5.74) is 4.71. The molecule has 0 aliphatic rings. The third kappa shape index (κ3) is 4.10. The van der Waals surface area contributed by atoms with E-state index in [9.17, 15) is 14.9 Å². The number of benzene rings is 3. The van der Waals surface area contributed by atoms with Crippen molar-refractivity contribution in [1.82, 2.24) is 15.0 Å². The van der Waals surface area contributed by atoms with Crippen LogP contribution < -0.4 is 5.32 Å². The number of hydrogen-bond donors (Lipinski definition) is 1. The Bertz CT molecular complexity index is 1310. The van der Waals surface area contributed by atoms with Gasteiger partial charge in [0.25, 0.3) is 11.6 Å². The number of carbonyl (C=O) groups is 1. The monoisotopic (exact) mass is 435 g/mol. The molecule has 0 atom stereocenters. The Balaban J connectivity index is 1.63. The van der Waals surface area contributed by atoms with Gasteiger partial charge in [0.05, 0.1) is 21.2 Å². The van der Waals surface area contributed by atoms with E-state index in [1.54, 1.807) is 10.9 Å². The predicted octanol–water partition coefficient (Wildman–Crippen LogP) is 5.11. The standard InChI is InChI=1S/C22H18ClN5O3/c1-3-14-4-6-15(7-5-14)27-25-20-10-13(2)19(12-21(20)26-27)24-22(29)17-9-8-16(28(30)31)11-18(17)23/h4-12H,3H2,1-2H3,(H,24,29). The first kappa shape index (κ1) is 20.5. The van der Waals surface area contributed by atoms with Crippen LogP contribution in [0.2, 0.25) is 5.02 Å². The molecule has 0 saturated carbocycles. The normalized spacial score (nSPS) is 10.9. The van der Waals surface area contributed by atoms with E-state index >= 15 is 0 Å². The van der Waals surface area contributed by atoms with E-state index in [2.05, 4.69) is 22.4 Å². The quantitative estimate of drug-likeness (QED) is 0.346. The second-order valence-electron chi connectivity index (χ2n) is 7.04. The Morgan fingerprint density at radius 2 is 1.77 bits per heavy atom. The van der Waals surface area contributed by atoms with Gasteiger partial charge < -0.3 is 5.32 Å². The Morgan fingerprint density at radius 1 is 1.10 bits per heavy atom. The number of rotatable bonds is 5. The van der Waals surface area contributed by atoms with E-state index in [0.29, 0.717) is 16.7 Å². The highest BCUT2D eigenvalue weighted by atomic mass is 35.5. The van der Waals surface area contributed by atoms with Gasteiger partial charge in [-0.05, 0) is 54.8 Å². The van der Waals surface area contributed by atoms with Gasteiger partial charge in [0, 0.05) is 17.8 Å². The number of nitro groups is 1. The summed E-state index contributed by atoms with van der Waals surface area (Å²) in [6.45, 7) is 3.94. The van der Waals surface area contributed by atoms with Crippen LogP contribution in [0.5, 0.6) is 0 Å². The van der Waals surface area contributed by atoms with Gasteiger partial charge in [-0.2, -0.15) is 4.80 Å². The second-order valence-corrected chi connectivity index (χ2v) is 7.45. The highest BCUT2D eigenvalue weighted by Gasteiger charge is 2.17. The van der Waals surface area contributed by atoms with Crippen LogP contribution in [-0.4, -0.2) is 25.8 Å². The molecule has 1 aromatic heterocycles. The molecular weight excluding hydrogens is 418 g/mol.